The van der Waals surface area contributed by atoms with Crippen molar-refractivity contribution in [2.75, 3.05) is 29.8 Å². The number of methoxy groups -OCH3 is 2. The molecule has 8 nitrogen and oxygen atoms in total. The molecular weight excluding hydrogens is 434 g/mol. The minimum Gasteiger partial charge on any atom is -0.497 e. The lowest BCUT2D eigenvalue weighted by Gasteiger charge is -2.16. The van der Waals surface area contributed by atoms with E-state index >= 15 is 0 Å². The van der Waals surface area contributed by atoms with Crippen molar-refractivity contribution < 1.29 is 23.9 Å². The van der Waals surface area contributed by atoms with E-state index in [1.807, 2.05) is 6.07 Å². The van der Waals surface area contributed by atoms with Crippen molar-refractivity contribution in [2.24, 2.45) is 0 Å². The molecule has 8 heteroatoms. The summed E-state index contributed by atoms with van der Waals surface area (Å²) in [4.78, 5) is 39.5. The highest BCUT2D eigenvalue weighted by molar-refractivity contribution is 6.46. The van der Waals surface area contributed by atoms with Gasteiger partial charge in [0.25, 0.3) is 11.8 Å². The number of hydrogen-bond donors (Lipinski definition) is 2. The van der Waals surface area contributed by atoms with E-state index in [4.69, 9.17) is 9.47 Å². The van der Waals surface area contributed by atoms with Gasteiger partial charge < -0.3 is 20.1 Å². The van der Waals surface area contributed by atoms with Gasteiger partial charge in [0.1, 0.15) is 17.2 Å². The number of anilines is 3. The van der Waals surface area contributed by atoms with Crippen LogP contribution in [-0.4, -0.2) is 31.9 Å². The van der Waals surface area contributed by atoms with Crippen LogP contribution in [0.3, 0.4) is 0 Å². The molecule has 3 aromatic carbocycles. The molecule has 3 amide bonds. The van der Waals surface area contributed by atoms with Gasteiger partial charge in [0, 0.05) is 18.7 Å². The molecule has 0 atom stereocenters. The molecule has 2 N–H and O–H groups in total. The Bertz CT molecular complexity index is 1280. The molecule has 0 aliphatic carbocycles. The minimum atomic E-state index is -0.491. The molecule has 0 saturated heterocycles. The van der Waals surface area contributed by atoms with Gasteiger partial charge in [-0.2, -0.15) is 0 Å². The van der Waals surface area contributed by atoms with E-state index in [0.29, 0.717) is 34.1 Å². The summed E-state index contributed by atoms with van der Waals surface area (Å²) < 4.78 is 10.7. The Morgan fingerprint density at radius 1 is 0.853 bits per heavy atom. The third-order valence-electron chi connectivity index (χ3n) is 5.26. The normalized spacial score (nSPS) is 13.2. The van der Waals surface area contributed by atoms with Gasteiger partial charge in [-0.25, -0.2) is 4.90 Å². The van der Waals surface area contributed by atoms with Crippen molar-refractivity contribution in [3.05, 3.63) is 84.1 Å². The van der Waals surface area contributed by atoms with E-state index in [-0.39, 0.29) is 17.2 Å². The predicted octanol–water partition coefficient (Wildman–Crippen LogP) is 4.06. The average molecular weight is 457 g/mol. The Labute approximate surface area is 196 Å². The van der Waals surface area contributed by atoms with Gasteiger partial charge in [0.2, 0.25) is 5.91 Å². The standard InChI is InChI=1S/C26H23N3O5/c1-16(30)27-18-11-9-17(10-12-18)23-24(28-21-14-13-20(33-2)15-22(21)34-3)26(32)29(25(23)31)19-7-5-4-6-8-19/h4-15,28H,1-3H3,(H,27,30). The lowest BCUT2D eigenvalue weighted by atomic mass is 10.0. The molecule has 3 aromatic rings. The number of carbonyl (C=O) groups excluding carboxylic acids is 3. The van der Waals surface area contributed by atoms with Crippen LogP contribution in [-0.2, 0) is 14.4 Å². The zero-order valence-electron chi connectivity index (χ0n) is 18.9. The summed E-state index contributed by atoms with van der Waals surface area (Å²) in [6.07, 6.45) is 0. The first-order valence-electron chi connectivity index (χ1n) is 10.5. The first-order valence-corrected chi connectivity index (χ1v) is 10.5. The first-order chi connectivity index (χ1) is 16.4. The zero-order chi connectivity index (χ0) is 24.2. The number of benzene rings is 3. The largest absolute Gasteiger partial charge is 0.497 e. The van der Waals surface area contributed by atoms with Crippen LogP contribution >= 0.6 is 0 Å². The third-order valence-corrected chi connectivity index (χ3v) is 5.26. The minimum absolute atomic E-state index is 0.115. The molecular formula is C26H23N3O5. The third kappa shape index (κ3) is 4.33. The van der Waals surface area contributed by atoms with Crippen LogP contribution in [0.1, 0.15) is 12.5 Å². The Morgan fingerprint density at radius 2 is 1.56 bits per heavy atom. The van der Waals surface area contributed by atoms with Crippen molar-refractivity contribution in [1.82, 2.24) is 0 Å². The van der Waals surface area contributed by atoms with Crippen molar-refractivity contribution in [3.8, 4) is 11.5 Å². The number of hydrogen-bond acceptors (Lipinski definition) is 6. The molecule has 172 valence electrons. The van der Waals surface area contributed by atoms with Gasteiger partial charge in [-0.05, 0) is 42.0 Å². The summed E-state index contributed by atoms with van der Waals surface area (Å²) in [7, 11) is 3.05. The summed E-state index contributed by atoms with van der Waals surface area (Å²) in [5.74, 6) is -0.118. The fourth-order valence-corrected chi connectivity index (χ4v) is 3.68. The highest BCUT2D eigenvalue weighted by Gasteiger charge is 2.40. The van der Waals surface area contributed by atoms with E-state index in [1.165, 1.54) is 14.0 Å². The van der Waals surface area contributed by atoms with Crippen LogP contribution in [0.4, 0.5) is 17.1 Å². The van der Waals surface area contributed by atoms with Crippen LogP contribution in [0, 0.1) is 0 Å². The average Bonchev–Trinajstić information content (AvgIpc) is 3.09. The Kier molecular flexibility index (Phi) is 6.31. The molecule has 34 heavy (non-hydrogen) atoms. The molecule has 0 fully saturated rings. The van der Waals surface area contributed by atoms with E-state index in [2.05, 4.69) is 10.6 Å². The fourth-order valence-electron chi connectivity index (χ4n) is 3.68. The molecule has 0 bridgehead atoms. The van der Waals surface area contributed by atoms with Gasteiger partial charge in [0.15, 0.2) is 0 Å². The summed E-state index contributed by atoms with van der Waals surface area (Å²) >= 11 is 0. The van der Waals surface area contributed by atoms with E-state index in [9.17, 15) is 14.4 Å². The van der Waals surface area contributed by atoms with Gasteiger partial charge in [0.05, 0.1) is 31.2 Å². The summed E-state index contributed by atoms with van der Waals surface area (Å²) in [6.45, 7) is 1.41. The molecule has 0 saturated carbocycles. The maximum Gasteiger partial charge on any atom is 0.282 e. The van der Waals surface area contributed by atoms with Gasteiger partial charge in [-0.3, -0.25) is 14.4 Å². The van der Waals surface area contributed by atoms with E-state index < -0.39 is 11.8 Å². The van der Waals surface area contributed by atoms with E-state index in [1.54, 1.807) is 73.8 Å². The highest BCUT2D eigenvalue weighted by atomic mass is 16.5. The number of ether oxygens (including phenoxy) is 2. The second-order valence-corrected chi connectivity index (χ2v) is 7.48. The monoisotopic (exact) mass is 457 g/mol. The molecule has 4 rings (SSSR count). The van der Waals surface area contributed by atoms with Crippen LogP contribution < -0.4 is 25.0 Å². The number of rotatable bonds is 7. The van der Waals surface area contributed by atoms with Crippen molar-refractivity contribution in [3.63, 3.8) is 0 Å². The highest BCUT2D eigenvalue weighted by Crippen LogP contribution is 2.37. The van der Waals surface area contributed by atoms with Crippen LogP contribution in [0.25, 0.3) is 5.57 Å². The maximum absolute atomic E-state index is 13.5. The zero-order valence-corrected chi connectivity index (χ0v) is 18.9. The summed E-state index contributed by atoms with van der Waals surface area (Å²) in [5.41, 5.74) is 2.40. The summed E-state index contributed by atoms with van der Waals surface area (Å²) in [5, 5.41) is 5.80. The quantitative estimate of drug-likeness (QED) is 0.520. The van der Waals surface area contributed by atoms with Crippen LogP contribution in [0.15, 0.2) is 78.5 Å². The molecule has 0 aromatic heterocycles. The predicted molar refractivity (Wildman–Crippen MR) is 130 cm³/mol. The number of amides is 3. The Balaban J connectivity index is 1.80. The Hall–Kier alpha value is -4.59. The second-order valence-electron chi connectivity index (χ2n) is 7.48. The molecule has 0 radical (unpaired) electrons. The molecule has 1 aliphatic rings. The number of nitrogens with zero attached hydrogens (tertiary/aromatic N) is 1. The lowest BCUT2D eigenvalue weighted by molar-refractivity contribution is -0.120. The van der Waals surface area contributed by atoms with Crippen LogP contribution in [0.2, 0.25) is 0 Å². The fraction of sp³-hybridized carbons (Fsp3) is 0.115. The Morgan fingerprint density at radius 3 is 2.18 bits per heavy atom. The van der Waals surface area contributed by atoms with Gasteiger partial charge in [-0.1, -0.05) is 30.3 Å². The summed E-state index contributed by atoms with van der Waals surface area (Å²) in [6, 6.07) is 20.6. The molecule has 0 unspecified atom stereocenters. The van der Waals surface area contributed by atoms with Gasteiger partial charge >= 0.3 is 0 Å². The molecule has 1 heterocycles. The number of para-hydroxylation sites is 1. The van der Waals surface area contributed by atoms with Crippen molar-refractivity contribution in [1.29, 1.82) is 0 Å². The van der Waals surface area contributed by atoms with E-state index in [0.717, 1.165) is 4.90 Å². The topological polar surface area (TPSA) is 97.0 Å². The van der Waals surface area contributed by atoms with Gasteiger partial charge in [-0.15, -0.1) is 0 Å². The maximum atomic E-state index is 13.5. The SMILES string of the molecule is COc1ccc(NC2=C(c3ccc(NC(C)=O)cc3)C(=O)N(c3ccccc3)C2=O)c(OC)c1. The second kappa shape index (κ2) is 9.50. The number of carbonyl (C=O) groups is 3. The lowest BCUT2D eigenvalue weighted by Crippen LogP contribution is -2.32. The molecule has 1 aliphatic heterocycles. The van der Waals surface area contributed by atoms with Crippen molar-refractivity contribution >= 4 is 40.4 Å². The first kappa shape index (κ1) is 22.6. The molecule has 0 spiro atoms. The number of nitrogens with one attached hydrogen (secondary N) is 2. The van der Waals surface area contributed by atoms with Crippen LogP contribution in [0.5, 0.6) is 11.5 Å². The number of imide groups is 1. The smallest absolute Gasteiger partial charge is 0.282 e. The van der Waals surface area contributed by atoms with Crippen molar-refractivity contribution in [2.45, 2.75) is 6.92 Å².